The van der Waals surface area contributed by atoms with Crippen LogP contribution >= 0.6 is 11.6 Å². The number of hydrogen-bond donors (Lipinski definition) is 2. The Hall–Kier alpha value is -1.36. The molecular weight excluding hydrogens is 544 g/mol. The third-order valence-corrected chi connectivity index (χ3v) is 14.8. The molecule has 0 spiro atoms. The molecular formula is C37H53ClO4. The Balaban J connectivity index is 1.36. The molecule has 4 nitrogen and oxygen atoms in total. The molecule has 1 aromatic rings. The van der Waals surface area contributed by atoms with Crippen LogP contribution in [0.15, 0.2) is 35.9 Å². The number of aliphatic hydroxyl groups is 2. The number of halogens is 1. The summed E-state index contributed by atoms with van der Waals surface area (Å²) < 4.78 is 6.16. The van der Waals surface area contributed by atoms with Gasteiger partial charge in [-0.15, -0.1) is 0 Å². The van der Waals surface area contributed by atoms with Crippen LogP contribution < -0.4 is 0 Å². The van der Waals surface area contributed by atoms with Crippen LogP contribution in [0.3, 0.4) is 0 Å². The number of aliphatic hydroxyl groups excluding tert-OH is 2. The minimum absolute atomic E-state index is 0.0141. The van der Waals surface area contributed by atoms with Gasteiger partial charge in [-0.2, -0.15) is 0 Å². The van der Waals surface area contributed by atoms with Crippen molar-refractivity contribution in [2.75, 3.05) is 6.61 Å². The molecule has 4 fully saturated rings. The summed E-state index contributed by atoms with van der Waals surface area (Å²) in [5.41, 5.74) is 1.84. The summed E-state index contributed by atoms with van der Waals surface area (Å²) in [6.07, 6.45) is 11.9. The third kappa shape index (κ3) is 4.17. The van der Waals surface area contributed by atoms with Gasteiger partial charge >= 0.3 is 5.97 Å². The first-order chi connectivity index (χ1) is 19.7. The Bertz CT molecular complexity index is 1270. The maximum Gasteiger partial charge on any atom is 0.313 e. The topological polar surface area (TPSA) is 66.8 Å². The molecule has 0 amide bonds. The Kier molecular flexibility index (Phi) is 7.35. The highest BCUT2D eigenvalue weighted by Crippen LogP contribution is 2.75. The maximum atomic E-state index is 14.2. The van der Waals surface area contributed by atoms with Crippen molar-refractivity contribution in [1.29, 1.82) is 0 Å². The minimum atomic E-state index is -0.475. The van der Waals surface area contributed by atoms with Gasteiger partial charge in [0.25, 0.3) is 0 Å². The molecule has 5 heteroatoms. The number of hydrogen-bond acceptors (Lipinski definition) is 4. The SMILES string of the molecule is CC1(C)CC[C@]2(C(=O)OCc3ccccc3Cl)CC[C@]3(C)C(=CC[C@@H]4[C@@]5(C)CC[C@H](O)[C@@](C)(CO)[C@@H]5CC[C@]43C)[C@@H]2C1. The van der Waals surface area contributed by atoms with Crippen molar-refractivity contribution >= 4 is 17.6 Å². The molecule has 9 atom stereocenters. The second-order valence-electron chi connectivity index (χ2n) is 16.8. The predicted octanol–water partition coefficient (Wildman–Crippen LogP) is 8.52. The molecule has 232 valence electrons. The lowest BCUT2D eigenvalue weighted by molar-refractivity contribution is -0.217. The molecule has 1 aromatic carbocycles. The Morgan fingerprint density at radius 2 is 1.67 bits per heavy atom. The van der Waals surface area contributed by atoms with Gasteiger partial charge in [0.05, 0.1) is 18.1 Å². The molecule has 0 aromatic heterocycles. The van der Waals surface area contributed by atoms with Crippen LogP contribution in [0.1, 0.15) is 111 Å². The number of ether oxygens (including phenoxy) is 1. The molecule has 5 aliphatic rings. The quantitative estimate of drug-likeness (QED) is 0.270. The van der Waals surface area contributed by atoms with Gasteiger partial charge in [0.1, 0.15) is 6.61 Å². The lowest BCUT2D eigenvalue weighted by Crippen LogP contribution is -2.66. The van der Waals surface area contributed by atoms with E-state index in [1.807, 2.05) is 24.3 Å². The number of fused-ring (bicyclic) bond motifs is 7. The van der Waals surface area contributed by atoms with Crippen molar-refractivity contribution in [3.8, 4) is 0 Å². The molecule has 0 saturated heterocycles. The van der Waals surface area contributed by atoms with Crippen LogP contribution in [-0.4, -0.2) is 28.9 Å². The number of carbonyl (C=O) groups is 1. The lowest BCUT2D eigenvalue weighted by atomic mass is 9.33. The van der Waals surface area contributed by atoms with Crippen molar-refractivity contribution in [3.63, 3.8) is 0 Å². The number of allylic oxidation sites excluding steroid dienone is 2. The summed E-state index contributed by atoms with van der Waals surface area (Å²) in [7, 11) is 0. The zero-order chi connectivity index (χ0) is 30.3. The molecule has 2 N–H and O–H groups in total. The van der Waals surface area contributed by atoms with Gasteiger partial charge in [-0.1, -0.05) is 83.0 Å². The fourth-order valence-electron chi connectivity index (χ4n) is 11.5. The average Bonchev–Trinajstić information content (AvgIpc) is 2.94. The van der Waals surface area contributed by atoms with Crippen LogP contribution in [0.4, 0.5) is 0 Å². The van der Waals surface area contributed by atoms with Gasteiger partial charge in [0.2, 0.25) is 0 Å². The van der Waals surface area contributed by atoms with Crippen LogP contribution in [0.5, 0.6) is 0 Å². The van der Waals surface area contributed by atoms with E-state index in [-0.39, 0.29) is 46.8 Å². The normalized spacial score (nSPS) is 45.9. The van der Waals surface area contributed by atoms with Crippen LogP contribution in [0.25, 0.3) is 0 Å². The number of carbonyl (C=O) groups excluding carboxylic acids is 1. The zero-order valence-corrected chi connectivity index (χ0v) is 27.5. The Morgan fingerprint density at radius 3 is 2.38 bits per heavy atom. The molecule has 0 unspecified atom stereocenters. The molecule has 42 heavy (non-hydrogen) atoms. The summed E-state index contributed by atoms with van der Waals surface area (Å²) in [4.78, 5) is 14.2. The largest absolute Gasteiger partial charge is 0.460 e. The van der Waals surface area contributed by atoms with Gasteiger partial charge in [-0.25, -0.2) is 0 Å². The van der Waals surface area contributed by atoms with Gasteiger partial charge in [0.15, 0.2) is 0 Å². The Morgan fingerprint density at radius 1 is 0.952 bits per heavy atom. The van der Waals surface area contributed by atoms with E-state index in [4.69, 9.17) is 16.3 Å². The van der Waals surface area contributed by atoms with E-state index >= 15 is 0 Å². The minimum Gasteiger partial charge on any atom is -0.460 e. The van der Waals surface area contributed by atoms with Crippen molar-refractivity contribution in [2.24, 2.45) is 50.2 Å². The van der Waals surface area contributed by atoms with Gasteiger partial charge < -0.3 is 14.9 Å². The molecule has 4 saturated carbocycles. The van der Waals surface area contributed by atoms with Crippen LogP contribution in [0, 0.1) is 50.2 Å². The van der Waals surface area contributed by atoms with Crippen molar-refractivity contribution in [2.45, 2.75) is 118 Å². The van der Waals surface area contributed by atoms with Gasteiger partial charge in [-0.3, -0.25) is 4.79 Å². The first kappa shape index (κ1) is 30.7. The van der Waals surface area contributed by atoms with E-state index < -0.39 is 16.9 Å². The number of benzene rings is 1. The summed E-state index contributed by atoms with van der Waals surface area (Å²) in [5, 5.41) is 22.2. The summed E-state index contributed by atoms with van der Waals surface area (Å²) in [5.74, 6) is 0.963. The van der Waals surface area contributed by atoms with Crippen molar-refractivity contribution in [1.82, 2.24) is 0 Å². The van der Waals surface area contributed by atoms with Crippen LogP contribution in [0.2, 0.25) is 5.02 Å². The molecule has 6 rings (SSSR count). The molecule has 0 bridgehead atoms. The lowest BCUT2D eigenvalue weighted by Gasteiger charge is -2.71. The molecule has 5 aliphatic carbocycles. The number of rotatable bonds is 4. The van der Waals surface area contributed by atoms with E-state index in [0.29, 0.717) is 16.9 Å². The van der Waals surface area contributed by atoms with Crippen molar-refractivity contribution < 1.29 is 19.7 Å². The highest BCUT2D eigenvalue weighted by molar-refractivity contribution is 6.31. The summed E-state index contributed by atoms with van der Waals surface area (Å²) in [6, 6.07) is 7.65. The fraction of sp³-hybridized carbons (Fsp3) is 0.757. The van der Waals surface area contributed by atoms with E-state index in [0.717, 1.165) is 69.8 Å². The smallest absolute Gasteiger partial charge is 0.313 e. The standard InChI is InChI=1S/C37H53ClO4/c1-32(2)17-19-37(31(41)42-22-24-9-7-8-10-27(24)38)20-18-35(5)25(26(37)21-32)11-12-29-33(3)15-14-30(40)34(4,23-39)28(33)13-16-36(29,35)6/h7-11,26,28-30,39-40H,12-23H2,1-6H3/t26-,28+,29+,30-,33-,34-,35+,36+,37-/m0/s1. The summed E-state index contributed by atoms with van der Waals surface area (Å²) in [6.45, 7) is 14.7. The average molecular weight is 597 g/mol. The number of esters is 1. The first-order valence-electron chi connectivity index (χ1n) is 16.6. The van der Waals surface area contributed by atoms with E-state index in [1.165, 1.54) is 5.57 Å². The highest BCUT2D eigenvalue weighted by Gasteiger charge is 2.69. The highest BCUT2D eigenvalue weighted by atomic mass is 35.5. The molecule has 0 aliphatic heterocycles. The van der Waals surface area contributed by atoms with Gasteiger partial charge in [0, 0.05) is 16.0 Å². The zero-order valence-electron chi connectivity index (χ0n) is 26.8. The van der Waals surface area contributed by atoms with E-state index in [1.54, 1.807) is 0 Å². The van der Waals surface area contributed by atoms with Gasteiger partial charge in [-0.05, 0) is 110 Å². The second-order valence-corrected chi connectivity index (χ2v) is 17.2. The fourth-order valence-corrected chi connectivity index (χ4v) is 11.7. The summed E-state index contributed by atoms with van der Waals surface area (Å²) >= 11 is 6.42. The molecule has 0 radical (unpaired) electrons. The van der Waals surface area contributed by atoms with Crippen molar-refractivity contribution in [3.05, 3.63) is 46.5 Å². The first-order valence-corrected chi connectivity index (χ1v) is 16.9. The second kappa shape index (κ2) is 10.1. The third-order valence-electron chi connectivity index (χ3n) is 14.5. The van der Waals surface area contributed by atoms with Crippen LogP contribution in [-0.2, 0) is 16.1 Å². The maximum absolute atomic E-state index is 14.2. The van der Waals surface area contributed by atoms with E-state index in [2.05, 4.69) is 47.6 Å². The Labute approximate surface area is 258 Å². The predicted molar refractivity (Wildman–Crippen MR) is 168 cm³/mol. The monoisotopic (exact) mass is 596 g/mol. The van der Waals surface area contributed by atoms with E-state index in [9.17, 15) is 15.0 Å². The molecule has 0 heterocycles.